The van der Waals surface area contributed by atoms with Crippen LogP contribution in [0, 0.1) is 11.8 Å². The number of carbonyl (C=O) groups excluding carboxylic acids is 2. The van der Waals surface area contributed by atoms with Crippen molar-refractivity contribution >= 4 is 11.8 Å². The van der Waals surface area contributed by atoms with Gasteiger partial charge in [0, 0.05) is 23.9 Å². The molecule has 0 spiro atoms. The van der Waals surface area contributed by atoms with Gasteiger partial charge in [0.25, 0.3) is 0 Å². The average molecular weight is 330 g/mol. The van der Waals surface area contributed by atoms with Gasteiger partial charge >= 0.3 is 0 Å². The molecule has 0 aromatic rings. The first-order chi connectivity index (χ1) is 11.7. The van der Waals surface area contributed by atoms with Crippen LogP contribution in [0.5, 0.6) is 0 Å². The van der Waals surface area contributed by atoms with E-state index in [9.17, 15) is 9.59 Å². The molecule has 1 saturated carbocycles. The molecule has 0 bridgehead atoms. The lowest BCUT2D eigenvalue weighted by atomic mass is 9.88. The highest BCUT2D eigenvalue weighted by Gasteiger charge is 2.28. The second kappa shape index (κ2) is 8.50. The molecule has 0 aromatic heterocycles. The highest BCUT2D eigenvalue weighted by molar-refractivity contribution is 5.80. The average Bonchev–Trinajstić information content (AvgIpc) is 2.65. The molecule has 2 unspecified atom stereocenters. The van der Waals surface area contributed by atoms with Crippen molar-refractivity contribution in [1.82, 2.24) is 10.6 Å². The van der Waals surface area contributed by atoms with Gasteiger partial charge < -0.3 is 10.6 Å². The fraction of sp³-hybridized carbons (Fsp3) is 0.700. The van der Waals surface area contributed by atoms with Crippen molar-refractivity contribution in [2.45, 2.75) is 76.3 Å². The van der Waals surface area contributed by atoms with Gasteiger partial charge in [-0.25, -0.2) is 0 Å². The fourth-order valence-electron chi connectivity index (χ4n) is 4.08. The number of rotatable bonds is 4. The van der Waals surface area contributed by atoms with E-state index in [0.717, 1.165) is 64.2 Å². The van der Waals surface area contributed by atoms with Crippen LogP contribution in [-0.4, -0.2) is 23.9 Å². The molecule has 4 nitrogen and oxygen atoms in total. The smallest absolute Gasteiger partial charge is 0.223 e. The molecule has 24 heavy (non-hydrogen) atoms. The molecule has 1 fully saturated rings. The first-order valence-electron chi connectivity index (χ1n) is 9.63. The number of carbonyl (C=O) groups is 2. The van der Waals surface area contributed by atoms with Crippen molar-refractivity contribution in [2.75, 3.05) is 0 Å². The van der Waals surface area contributed by atoms with Gasteiger partial charge in [0.05, 0.1) is 0 Å². The first-order valence-corrected chi connectivity index (χ1v) is 9.63. The summed E-state index contributed by atoms with van der Waals surface area (Å²) in [6.07, 6.45) is 18.2. The van der Waals surface area contributed by atoms with Crippen LogP contribution < -0.4 is 10.6 Å². The summed E-state index contributed by atoms with van der Waals surface area (Å²) in [4.78, 5) is 24.6. The molecule has 3 rings (SSSR count). The van der Waals surface area contributed by atoms with Crippen molar-refractivity contribution in [2.24, 2.45) is 11.8 Å². The minimum absolute atomic E-state index is 0.159. The summed E-state index contributed by atoms with van der Waals surface area (Å²) in [5.74, 6) is 0.764. The lowest BCUT2D eigenvalue weighted by Crippen LogP contribution is -2.46. The molecule has 3 aliphatic rings. The van der Waals surface area contributed by atoms with E-state index >= 15 is 0 Å². The maximum atomic E-state index is 12.3. The molecule has 0 radical (unpaired) electrons. The van der Waals surface area contributed by atoms with E-state index in [0.29, 0.717) is 0 Å². The van der Waals surface area contributed by atoms with Gasteiger partial charge in [0.1, 0.15) is 0 Å². The molecule has 0 aromatic carbocycles. The van der Waals surface area contributed by atoms with Gasteiger partial charge in [-0.1, -0.05) is 24.3 Å². The Kier molecular flexibility index (Phi) is 6.11. The van der Waals surface area contributed by atoms with Gasteiger partial charge in [-0.15, -0.1) is 0 Å². The van der Waals surface area contributed by atoms with Crippen LogP contribution in [0.1, 0.15) is 64.2 Å². The maximum Gasteiger partial charge on any atom is 0.223 e. The van der Waals surface area contributed by atoms with Crippen LogP contribution in [0.4, 0.5) is 0 Å². The predicted octanol–water partition coefficient (Wildman–Crippen LogP) is 3.24. The van der Waals surface area contributed by atoms with E-state index in [2.05, 4.69) is 34.9 Å². The third kappa shape index (κ3) is 4.71. The zero-order valence-electron chi connectivity index (χ0n) is 14.5. The number of nitrogens with one attached hydrogen (secondary N) is 2. The second-order valence-electron chi connectivity index (χ2n) is 7.53. The maximum absolute atomic E-state index is 12.3. The molecular formula is C20H30N2O2. The highest BCUT2D eigenvalue weighted by Crippen LogP contribution is 2.23. The van der Waals surface area contributed by atoms with E-state index in [1.807, 2.05) is 0 Å². The number of amides is 2. The van der Waals surface area contributed by atoms with Crippen molar-refractivity contribution in [1.29, 1.82) is 0 Å². The summed E-state index contributed by atoms with van der Waals surface area (Å²) in [7, 11) is 0. The number of hydrogen-bond donors (Lipinski definition) is 2. The topological polar surface area (TPSA) is 58.2 Å². The minimum atomic E-state index is 0.159. The summed E-state index contributed by atoms with van der Waals surface area (Å²) in [6, 6.07) is 0.573. The Morgan fingerprint density at radius 1 is 0.625 bits per heavy atom. The molecular weight excluding hydrogens is 300 g/mol. The summed E-state index contributed by atoms with van der Waals surface area (Å²) >= 11 is 0. The number of hydrogen-bond acceptors (Lipinski definition) is 2. The molecule has 2 N–H and O–H groups in total. The van der Waals surface area contributed by atoms with Crippen LogP contribution >= 0.6 is 0 Å². The summed E-state index contributed by atoms with van der Waals surface area (Å²) in [5, 5.41) is 6.46. The molecule has 0 aliphatic heterocycles. The quantitative estimate of drug-likeness (QED) is 0.778. The Bertz CT molecular complexity index is 458. The van der Waals surface area contributed by atoms with Crippen molar-refractivity contribution < 1.29 is 9.59 Å². The standard InChI is InChI=1S/C20H30N2O2/c23-19(15-7-3-1-4-8-15)21-17-11-13-18(14-12-17)22-20(24)16-9-5-2-6-10-16/h1-3,5,15-18H,4,6-14H2,(H,21,23)(H,22,24). The molecule has 132 valence electrons. The van der Waals surface area contributed by atoms with Gasteiger partial charge in [0.15, 0.2) is 0 Å². The van der Waals surface area contributed by atoms with Gasteiger partial charge in [-0.2, -0.15) is 0 Å². The summed E-state index contributed by atoms with van der Waals surface area (Å²) < 4.78 is 0. The first kappa shape index (κ1) is 17.2. The Balaban J connectivity index is 1.37. The van der Waals surface area contributed by atoms with E-state index in [-0.39, 0.29) is 35.7 Å². The van der Waals surface area contributed by atoms with Crippen molar-refractivity contribution in [3.8, 4) is 0 Å². The third-order valence-corrected chi connectivity index (χ3v) is 5.70. The van der Waals surface area contributed by atoms with Crippen LogP contribution in [0.2, 0.25) is 0 Å². The second-order valence-corrected chi connectivity index (χ2v) is 7.53. The van der Waals surface area contributed by atoms with Gasteiger partial charge in [0.2, 0.25) is 11.8 Å². The highest BCUT2D eigenvalue weighted by atomic mass is 16.2. The SMILES string of the molecule is O=C(NC1CCC(NC(=O)C2CC=CCC2)CC1)C1CC=CCC1. The number of allylic oxidation sites excluding steroid dienone is 4. The van der Waals surface area contributed by atoms with Gasteiger partial charge in [-0.05, 0) is 64.2 Å². The van der Waals surface area contributed by atoms with Crippen LogP contribution in [0.25, 0.3) is 0 Å². The lowest BCUT2D eigenvalue weighted by molar-refractivity contribution is -0.127. The molecule has 0 heterocycles. The van der Waals surface area contributed by atoms with Gasteiger partial charge in [-0.3, -0.25) is 9.59 Å². The van der Waals surface area contributed by atoms with E-state index in [1.54, 1.807) is 0 Å². The molecule has 4 heteroatoms. The zero-order chi connectivity index (χ0) is 16.8. The van der Waals surface area contributed by atoms with E-state index in [4.69, 9.17) is 0 Å². The molecule has 2 atom stereocenters. The Hall–Kier alpha value is -1.58. The minimum Gasteiger partial charge on any atom is -0.353 e. The Morgan fingerprint density at radius 3 is 1.38 bits per heavy atom. The lowest BCUT2D eigenvalue weighted by Gasteiger charge is -2.32. The molecule has 3 aliphatic carbocycles. The van der Waals surface area contributed by atoms with Crippen molar-refractivity contribution in [3.05, 3.63) is 24.3 Å². The van der Waals surface area contributed by atoms with Crippen LogP contribution in [-0.2, 0) is 9.59 Å². The fourth-order valence-corrected chi connectivity index (χ4v) is 4.08. The monoisotopic (exact) mass is 330 g/mol. The summed E-state index contributed by atoms with van der Waals surface area (Å²) in [5.41, 5.74) is 0. The van der Waals surface area contributed by atoms with E-state index in [1.165, 1.54) is 0 Å². The van der Waals surface area contributed by atoms with Crippen LogP contribution in [0.15, 0.2) is 24.3 Å². The largest absolute Gasteiger partial charge is 0.353 e. The van der Waals surface area contributed by atoms with Crippen molar-refractivity contribution in [3.63, 3.8) is 0 Å². The van der Waals surface area contributed by atoms with Crippen LogP contribution in [0.3, 0.4) is 0 Å². The Labute approximate surface area is 145 Å². The zero-order valence-corrected chi connectivity index (χ0v) is 14.5. The predicted molar refractivity (Wildman–Crippen MR) is 95.3 cm³/mol. The normalized spacial score (nSPS) is 33.0. The Morgan fingerprint density at radius 2 is 1.04 bits per heavy atom. The summed E-state index contributed by atoms with van der Waals surface area (Å²) in [6.45, 7) is 0. The molecule has 2 amide bonds. The molecule has 0 saturated heterocycles. The van der Waals surface area contributed by atoms with E-state index < -0.39 is 0 Å². The third-order valence-electron chi connectivity index (χ3n) is 5.70.